The van der Waals surface area contributed by atoms with Crippen molar-refractivity contribution in [1.29, 1.82) is 0 Å². The Morgan fingerprint density at radius 1 is 1.04 bits per heavy atom. The summed E-state index contributed by atoms with van der Waals surface area (Å²) in [5.41, 5.74) is 4.56. The Morgan fingerprint density at radius 2 is 1.76 bits per heavy atom. The summed E-state index contributed by atoms with van der Waals surface area (Å²) >= 11 is 0. The molecule has 13 heteroatoms. The number of ether oxygens (including phenoxy) is 2. The van der Waals surface area contributed by atoms with Crippen LogP contribution in [0.15, 0.2) is 110 Å². The first kappa shape index (κ1) is 31.5. The van der Waals surface area contributed by atoms with Gasteiger partial charge < -0.3 is 14.7 Å². The largest absolute Gasteiger partial charge is 0.461 e. The van der Waals surface area contributed by atoms with E-state index in [1.165, 1.54) is 48.6 Å². The Balaban J connectivity index is 1.22. The fourth-order valence-corrected chi connectivity index (χ4v) is 6.56. The molecule has 1 atom stereocenters. The van der Waals surface area contributed by atoms with Gasteiger partial charge in [-0.2, -0.15) is 0 Å². The predicted molar refractivity (Wildman–Crippen MR) is 163 cm³/mol. The van der Waals surface area contributed by atoms with Gasteiger partial charge in [0.05, 0.1) is 16.5 Å². The summed E-state index contributed by atoms with van der Waals surface area (Å²) in [5.74, 6) is -1.48. The van der Waals surface area contributed by atoms with Gasteiger partial charge in [-0.1, -0.05) is 36.4 Å². The summed E-state index contributed by atoms with van der Waals surface area (Å²) in [7, 11) is -5.35. The number of carbonyl (C=O) groups excluding carboxylic acids is 1. The number of aromatic nitrogens is 2. The van der Waals surface area contributed by atoms with Crippen LogP contribution in [0.4, 0.5) is 4.39 Å². The molecule has 1 aromatic heterocycles. The van der Waals surface area contributed by atoms with E-state index < -0.39 is 43.3 Å². The van der Waals surface area contributed by atoms with E-state index in [-0.39, 0.29) is 29.4 Å². The van der Waals surface area contributed by atoms with Crippen LogP contribution in [-0.4, -0.2) is 43.2 Å². The number of allylic oxidation sites excluding steroid dienone is 2. The van der Waals surface area contributed by atoms with Gasteiger partial charge in [-0.3, -0.25) is 13.6 Å². The Kier molecular flexibility index (Phi) is 9.40. The van der Waals surface area contributed by atoms with Crippen LogP contribution in [0.2, 0.25) is 0 Å². The van der Waals surface area contributed by atoms with Crippen LogP contribution in [0.5, 0.6) is 5.88 Å². The zero-order chi connectivity index (χ0) is 32.1. The van der Waals surface area contributed by atoms with Crippen molar-refractivity contribution in [3.63, 3.8) is 0 Å². The average molecular weight is 651 g/mol. The second-order valence-electron chi connectivity index (χ2n) is 9.87. The van der Waals surface area contributed by atoms with Gasteiger partial charge in [0.2, 0.25) is 0 Å². The average Bonchev–Trinajstić information content (AvgIpc) is 3.52. The number of halogens is 1. The smallest absolute Gasteiger partial charge is 0.415 e. The highest BCUT2D eigenvalue weighted by Crippen LogP contribution is 2.44. The lowest BCUT2D eigenvalue weighted by Crippen LogP contribution is -2.30. The van der Waals surface area contributed by atoms with E-state index in [1.807, 2.05) is 25.1 Å². The molecule has 45 heavy (non-hydrogen) atoms. The van der Waals surface area contributed by atoms with Crippen molar-refractivity contribution in [3.8, 4) is 5.88 Å². The number of rotatable bonds is 11. The van der Waals surface area contributed by atoms with Crippen LogP contribution in [0.3, 0.4) is 0 Å². The Labute approximate surface area is 261 Å². The minimum atomic E-state index is -4.25. The zero-order valence-electron chi connectivity index (χ0n) is 24.1. The first-order valence-corrected chi connectivity index (χ1v) is 16.6. The number of hydrogen-bond donors (Lipinski definition) is 0. The summed E-state index contributed by atoms with van der Waals surface area (Å²) in [6.45, 7) is 1.55. The van der Waals surface area contributed by atoms with Gasteiger partial charge in [-0.05, 0) is 99.9 Å². The molecular formula is C32H27FN2O8S2. The molecular weight excluding hydrogens is 623 g/mol. The van der Waals surface area contributed by atoms with Crippen LogP contribution in [0.1, 0.15) is 30.0 Å². The molecule has 1 unspecified atom stereocenters. The maximum atomic E-state index is 14.2. The second-order valence-corrected chi connectivity index (χ2v) is 13.1. The van der Waals surface area contributed by atoms with Gasteiger partial charge in [0, 0.05) is 22.0 Å². The van der Waals surface area contributed by atoms with E-state index in [0.717, 1.165) is 22.3 Å². The quantitative estimate of drug-likeness (QED) is 0.126. The maximum absolute atomic E-state index is 14.2. The molecule has 3 aromatic carbocycles. The van der Waals surface area contributed by atoms with Crippen molar-refractivity contribution in [3.05, 3.63) is 118 Å². The highest BCUT2D eigenvalue weighted by Gasteiger charge is 2.35. The molecule has 0 bridgehead atoms. The molecule has 232 valence electrons. The van der Waals surface area contributed by atoms with Gasteiger partial charge >= 0.3 is 16.9 Å². The van der Waals surface area contributed by atoms with E-state index in [1.54, 1.807) is 30.5 Å². The third-order valence-corrected chi connectivity index (χ3v) is 9.64. The van der Waals surface area contributed by atoms with E-state index in [9.17, 15) is 27.0 Å². The van der Waals surface area contributed by atoms with Gasteiger partial charge in [0.15, 0.2) is 0 Å². The van der Waals surface area contributed by atoms with Gasteiger partial charge in [0.1, 0.15) is 19.0 Å². The second kappa shape index (κ2) is 13.4. The van der Waals surface area contributed by atoms with Crippen molar-refractivity contribution in [1.82, 2.24) is 5.16 Å². The fraction of sp³-hybridized carbons (Fsp3) is 0.156. The molecule has 5 rings (SSSR count). The van der Waals surface area contributed by atoms with Crippen molar-refractivity contribution in [2.75, 3.05) is 19.5 Å². The van der Waals surface area contributed by atoms with Crippen molar-refractivity contribution in [2.45, 2.75) is 28.2 Å². The molecule has 1 aliphatic rings. The minimum absolute atomic E-state index is 0.0964. The lowest BCUT2D eigenvalue weighted by Gasteiger charge is -2.06. The van der Waals surface area contributed by atoms with Gasteiger partial charge in [-0.15, -0.1) is 0 Å². The first-order valence-electron chi connectivity index (χ1n) is 13.5. The number of hydrogen-bond acceptors (Lipinski definition) is 9. The van der Waals surface area contributed by atoms with E-state index in [4.69, 9.17) is 9.47 Å². The maximum Gasteiger partial charge on any atom is 0.415 e. The van der Waals surface area contributed by atoms with E-state index in [2.05, 4.69) is 9.79 Å². The highest BCUT2D eigenvalue weighted by atomic mass is 32.2. The number of sulfone groups is 1. The molecule has 0 amide bonds. The molecule has 0 saturated heterocycles. The topological polar surface area (TPSA) is 140 Å². The molecule has 0 N–H and O–H groups in total. The molecule has 0 saturated carbocycles. The Morgan fingerprint density at radius 3 is 2.47 bits per heavy atom. The van der Waals surface area contributed by atoms with Crippen LogP contribution in [0, 0.1) is 11.0 Å². The van der Waals surface area contributed by atoms with Gasteiger partial charge in [-0.25, -0.2) is 12.8 Å². The number of nitrogens with zero attached hydrogens (tertiary/aromatic N) is 2. The standard InChI is InChI=1S/C32H27FN2O8S2/c1-21-27(18-22-10-13-24(14-11-22)44(2)38)26-15-12-23(33)19-29(26)28(21)20-30(36)41-16-6-7-17-42-31-32(35(37)43-34-31)45(39,40)25-8-4-3-5-9-25/h3-15,18-19H,16-17,20H2,1-2H3/b7-6-,27-18+. The van der Waals surface area contributed by atoms with Crippen molar-refractivity contribution < 1.29 is 40.8 Å². The van der Waals surface area contributed by atoms with Crippen LogP contribution < -0.4 is 9.64 Å². The molecule has 0 fully saturated rings. The summed E-state index contributed by atoms with van der Waals surface area (Å²) in [5, 5.41) is 14.6. The summed E-state index contributed by atoms with van der Waals surface area (Å²) in [6.07, 6.45) is 6.39. The lowest BCUT2D eigenvalue weighted by atomic mass is 10.0. The van der Waals surface area contributed by atoms with E-state index >= 15 is 0 Å². The summed E-state index contributed by atoms with van der Waals surface area (Å²) in [6, 6.07) is 19.0. The van der Waals surface area contributed by atoms with Crippen molar-refractivity contribution >= 4 is 43.8 Å². The fourth-order valence-electron chi connectivity index (χ4n) is 4.74. The number of fused-ring (bicyclic) bond motifs is 1. The molecule has 10 nitrogen and oxygen atoms in total. The third-order valence-electron chi connectivity index (χ3n) is 6.98. The Bertz CT molecular complexity index is 1970. The molecule has 4 aromatic rings. The molecule has 0 radical (unpaired) electrons. The molecule has 0 aliphatic heterocycles. The normalized spacial score (nSPS) is 14.6. The lowest BCUT2D eigenvalue weighted by molar-refractivity contribution is -0.832. The van der Waals surface area contributed by atoms with Crippen LogP contribution >= 0.6 is 0 Å². The highest BCUT2D eigenvalue weighted by molar-refractivity contribution is 7.91. The first-order chi connectivity index (χ1) is 21.6. The minimum Gasteiger partial charge on any atom is -0.461 e. The monoisotopic (exact) mass is 650 g/mol. The number of benzene rings is 3. The van der Waals surface area contributed by atoms with Crippen LogP contribution in [0.25, 0.3) is 17.2 Å². The van der Waals surface area contributed by atoms with Gasteiger partial charge in [0.25, 0.3) is 9.84 Å². The number of esters is 1. The summed E-state index contributed by atoms with van der Waals surface area (Å²) in [4.78, 5) is 13.1. The van der Waals surface area contributed by atoms with E-state index in [0.29, 0.717) is 16.0 Å². The molecule has 1 aliphatic carbocycles. The summed E-state index contributed by atoms with van der Waals surface area (Å²) < 4.78 is 66.7. The third kappa shape index (κ3) is 6.94. The molecule has 0 spiro atoms. The van der Waals surface area contributed by atoms with Crippen molar-refractivity contribution in [2.24, 2.45) is 0 Å². The SMILES string of the molecule is CC1=C(CC(=O)OC/C=C\COc2no[n+]([O-])c2S(=O)(=O)c2ccccc2)c2cc(F)ccc2/C1=C/c1ccc(S(C)=O)cc1. The zero-order valence-corrected chi connectivity index (χ0v) is 25.8. The number of carbonyl (C=O) groups is 1. The Hall–Kier alpha value is -4.88. The predicted octanol–water partition coefficient (Wildman–Crippen LogP) is 4.91. The van der Waals surface area contributed by atoms with Crippen LogP contribution in [-0.2, 0) is 30.2 Å². The molecule has 1 heterocycles.